The van der Waals surface area contributed by atoms with Crippen LogP contribution in [0.5, 0.6) is 5.75 Å². The summed E-state index contributed by atoms with van der Waals surface area (Å²) in [6.07, 6.45) is 1.87. The Morgan fingerprint density at radius 2 is 1.88 bits per heavy atom. The van der Waals surface area contributed by atoms with Crippen molar-refractivity contribution < 1.29 is 18.3 Å². The lowest BCUT2D eigenvalue weighted by Gasteiger charge is -2.25. The van der Waals surface area contributed by atoms with Crippen molar-refractivity contribution in [2.24, 2.45) is 0 Å². The molecule has 0 saturated heterocycles. The van der Waals surface area contributed by atoms with Crippen LogP contribution in [0.15, 0.2) is 48.5 Å². The molecule has 3 rings (SSSR count). The molecule has 0 aromatic heterocycles. The molecule has 1 aliphatic rings. The molecule has 2 amide bonds. The van der Waals surface area contributed by atoms with Crippen molar-refractivity contribution in [2.75, 3.05) is 6.61 Å². The average molecular weight is 360 g/mol. The lowest BCUT2D eigenvalue weighted by molar-refractivity contribution is 0.181. The zero-order valence-corrected chi connectivity index (χ0v) is 14.6. The number of hydrogen-bond acceptors (Lipinski definition) is 2. The Labute approximate surface area is 151 Å². The lowest BCUT2D eigenvalue weighted by atomic mass is 10.2. The first-order valence-electron chi connectivity index (χ1n) is 8.72. The summed E-state index contributed by atoms with van der Waals surface area (Å²) in [7, 11) is 0. The number of halogens is 2. The van der Waals surface area contributed by atoms with E-state index in [9.17, 15) is 13.6 Å². The molecule has 0 spiro atoms. The van der Waals surface area contributed by atoms with Crippen molar-refractivity contribution in [3.05, 3.63) is 65.7 Å². The van der Waals surface area contributed by atoms with Crippen molar-refractivity contribution in [1.82, 2.24) is 10.2 Å². The fraction of sp³-hybridized carbons (Fsp3) is 0.350. The van der Waals surface area contributed by atoms with Gasteiger partial charge in [-0.05, 0) is 50.1 Å². The number of ether oxygens (including phenoxy) is 1. The normalized spacial score (nSPS) is 14.6. The van der Waals surface area contributed by atoms with Gasteiger partial charge in [-0.25, -0.2) is 13.6 Å². The van der Waals surface area contributed by atoms with Gasteiger partial charge >= 0.3 is 6.03 Å². The zero-order chi connectivity index (χ0) is 18.5. The summed E-state index contributed by atoms with van der Waals surface area (Å²) in [4.78, 5) is 14.3. The lowest BCUT2D eigenvalue weighted by Crippen LogP contribution is -2.46. The van der Waals surface area contributed by atoms with Crippen LogP contribution in [0.4, 0.5) is 13.6 Å². The van der Waals surface area contributed by atoms with Crippen LogP contribution < -0.4 is 10.1 Å². The minimum absolute atomic E-state index is 0.153. The molecule has 1 aliphatic carbocycles. The Morgan fingerprint density at radius 3 is 2.54 bits per heavy atom. The Morgan fingerprint density at radius 1 is 1.19 bits per heavy atom. The summed E-state index contributed by atoms with van der Waals surface area (Å²) in [5, 5.41) is 2.89. The molecule has 1 saturated carbocycles. The van der Waals surface area contributed by atoms with Crippen molar-refractivity contribution in [2.45, 2.75) is 38.4 Å². The largest absolute Gasteiger partial charge is 0.491 e. The average Bonchev–Trinajstić information content (AvgIpc) is 3.45. The standard InChI is InChI=1S/C20H22F2N2O2/c1-14(13-26-18-10-6-16(21)7-11-18)23-20(25)24(17-8-9-17)12-15-4-2-3-5-19(15)22/h2-7,10-11,14,17H,8-9,12-13H2,1H3,(H,23,25). The molecule has 4 nitrogen and oxygen atoms in total. The van der Waals surface area contributed by atoms with E-state index in [0.717, 1.165) is 12.8 Å². The van der Waals surface area contributed by atoms with E-state index in [0.29, 0.717) is 11.3 Å². The third-order valence-corrected chi connectivity index (χ3v) is 4.23. The predicted octanol–water partition coefficient (Wildman–Crippen LogP) is 4.11. The van der Waals surface area contributed by atoms with Crippen molar-refractivity contribution in [3.63, 3.8) is 0 Å². The number of urea groups is 1. The summed E-state index contributed by atoms with van der Waals surface area (Å²) in [6, 6.07) is 11.9. The van der Waals surface area contributed by atoms with Gasteiger partial charge in [-0.3, -0.25) is 0 Å². The fourth-order valence-corrected chi connectivity index (χ4v) is 2.65. The molecule has 0 aliphatic heterocycles. The molecule has 6 heteroatoms. The van der Waals surface area contributed by atoms with Crippen LogP contribution in [-0.4, -0.2) is 29.6 Å². The molecule has 2 aromatic rings. The van der Waals surface area contributed by atoms with Gasteiger partial charge in [0.25, 0.3) is 0 Å². The summed E-state index contributed by atoms with van der Waals surface area (Å²) in [5.41, 5.74) is 0.504. The second-order valence-electron chi connectivity index (χ2n) is 6.57. The van der Waals surface area contributed by atoms with Gasteiger partial charge in [0.15, 0.2) is 0 Å². The highest BCUT2D eigenvalue weighted by Crippen LogP contribution is 2.29. The molecule has 1 unspecified atom stereocenters. The van der Waals surface area contributed by atoms with Gasteiger partial charge in [0.05, 0.1) is 12.6 Å². The number of amides is 2. The van der Waals surface area contributed by atoms with Crippen LogP contribution >= 0.6 is 0 Å². The topological polar surface area (TPSA) is 41.6 Å². The SMILES string of the molecule is CC(COc1ccc(F)cc1)NC(=O)N(Cc1ccccc1F)C1CC1. The smallest absolute Gasteiger partial charge is 0.318 e. The molecule has 1 N–H and O–H groups in total. The van der Waals surface area contributed by atoms with Crippen LogP contribution in [0.2, 0.25) is 0 Å². The molecule has 26 heavy (non-hydrogen) atoms. The van der Waals surface area contributed by atoms with Gasteiger partial charge in [0, 0.05) is 11.6 Å². The number of hydrogen-bond donors (Lipinski definition) is 1. The van der Waals surface area contributed by atoms with Crippen LogP contribution in [-0.2, 0) is 6.54 Å². The number of benzene rings is 2. The molecule has 1 fully saturated rings. The monoisotopic (exact) mass is 360 g/mol. The van der Waals surface area contributed by atoms with Gasteiger partial charge in [0.2, 0.25) is 0 Å². The van der Waals surface area contributed by atoms with Crippen molar-refractivity contribution >= 4 is 6.03 Å². The van der Waals surface area contributed by atoms with Gasteiger partial charge in [-0.1, -0.05) is 18.2 Å². The molecule has 0 bridgehead atoms. The van der Waals surface area contributed by atoms with E-state index < -0.39 is 0 Å². The molecular formula is C20H22F2N2O2. The third-order valence-electron chi connectivity index (χ3n) is 4.23. The Hall–Kier alpha value is -2.63. The van der Waals surface area contributed by atoms with E-state index in [-0.39, 0.29) is 42.9 Å². The Balaban J connectivity index is 1.54. The second kappa shape index (κ2) is 8.17. The predicted molar refractivity (Wildman–Crippen MR) is 94.9 cm³/mol. The number of carbonyl (C=O) groups excluding carboxylic acids is 1. The third kappa shape index (κ3) is 4.94. The molecular weight excluding hydrogens is 338 g/mol. The van der Waals surface area contributed by atoms with E-state index >= 15 is 0 Å². The Kier molecular flexibility index (Phi) is 5.71. The first kappa shape index (κ1) is 18.2. The van der Waals surface area contributed by atoms with Crippen LogP contribution in [0.3, 0.4) is 0 Å². The molecule has 138 valence electrons. The van der Waals surface area contributed by atoms with Crippen LogP contribution in [0.1, 0.15) is 25.3 Å². The summed E-state index contributed by atoms with van der Waals surface area (Å²) in [5.74, 6) is -0.0940. The highest BCUT2D eigenvalue weighted by atomic mass is 19.1. The van der Waals surface area contributed by atoms with E-state index in [1.54, 1.807) is 35.2 Å². The fourth-order valence-electron chi connectivity index (χ4n) is 2.65. The van der Waals surface area contributed by atoms with Crippen molar-refractivity contribution in [3.8, 4) is 5.75 Å². The molecule has 0 heterocycles. The van der Waals surface area contributed by atoms with Gasteiger partial charge < -0.3 is 15.0 Å². The van der Waals surface area contributed by atoms with E-state index in [4.69, 9.17) is 4.74 Å². The first-order chi connectivity index (χ1) is 12.5. The highest BCUT2D eigenvalue weighted by Gasteiger charge is 2.33. The van der Waals surface area contributed by atoms with Gasteiger partial charge in [-0.2, -0.15) is 0 Å². The maximum Gasteiger partial charge on any atom is 0.318 e. The Bertz CT molecular complexity index is 748. The number of carbonyl (C=O) groups is 1. The summed E-state index contributed by atoms with van der Waals surface area (Å²) in [6.45, 7) is 2.33. The number of nitrogens with one attached hydrogen (secondary N) is 1. The first-order valence-corrected chi connectivity index (χ1v) is 8.72. The quantitative estimate of drug-likeness (QED) is 0.807. The second-order valence-corrected chi connectivity index (χ2v) is 6.57. The van der Waals surface area contributed by atoms with Crippen LogP contribution in [0.25, 0.3) is 0 Å². The molecule has 0 radical (unpaired) electrons. The minimum Gasteiger partial charge on any atom is -0.491 e. The zero-order valence-electron chi connectivity index (χ0n) is 14.6. The summed E-state index contributed by atoms with van der Waals surface area (Å²) < 4.78 is 32.3. The maximum absolute atomic E-state index is 13.9. The highest BCUT2D eigenvalue weighted by molar-refractivity contribution is 5.75. The number of nitrogens with zero attached hydrogens (tertiary/aromatic N) is 1. The van der Waals surface area contributed by atoms with Crippen LogP contribution in [0, 0.1) is 11.6 Å². The summed E-state index contributed by atoms with van der Waals surface area (Å²) >= 11 is 0. The molecule has 1 atom stereocenters. The molecule has 2 aromatic carbocycles. The van der Waals surface area contributed by atoms with E-state index in [2.05, 4.69) is 5.32 Å². The van der Waals surface area contributed by atoms with Gasteiger partial charge in [0.1, 0.15) is 24.0 Å². The van der Waals surface area contributed by atoms with E-state index in [1.807, 2.05) is 6.92 Å². The van der Waals surface area contributed by atoms with E-state index in [1.165, 1.54) is 18.2 Å². The minimum atomic E-state index is -0.327. The van der Waals surface area contributed by atoms with Crippen molar-refractivity contribution in [1.29, 1.82) is 0 Å². The van der Waals surface area contributed by atoms with Gasteiger partial charge in [-0.15, -0.1) is 0 Å². The maximum atomic E-state index is 13.9. The number of rotatable bonds is 7.